The molecule has 0 aliphatic rings. The highest BCUT2D eigenvalue weighted by Gasteiger charge is 2.14. The molecule has 0 bridgehead atoms. The second-order valence-electron chi connectivity index (χ2n) is 5.60. The van der Waals surface area contributed by atoms with Gasteiger partial charge < -0.3 is 15.7 Å². The number of carbonyl (C=O) groups is 3. The van der Waals surface area contributed by atoms with Crippen LogP contribution in [0, 0.1) is 0 Å². The van der Waals surface area contributed by atoms with Crippen molar-refractivity contribution >= 4 is 17.8 Å². The topological polar surface area (TPSA) is 95.5 Å². The van der Waals surface area contributed by atoms with E-state index in [1.807, 2.05) is 0 Å². The average Bonchev–Trinajstić information content (AvgIpc) is 2.45. The summed E-state index contributed by atoms with van der Waals surface area (Å²) < 4.78 is 0. The van der Waals surface area contributed by atoms with Crippen molar-refractivity contribution < 1.29 is 19.5 Å². The molecular formula is C16H30N2O4. The fourth-order valence-electron chi connectivity index (χ4n) is 2.07. The predicted molar refractivity (Wildman–Crippen MR) is 85.5 cm³/mol. The maximum Gasteiger partial charge on any atom is 0.305 e. The van der Waals surface area contributed by atoms with Crippen molar-refractivity contribution in [3.8, 4) is 0 Å². The van der Waals surface area contributed by atoms with E-state index in [0.29, 0.717) is 6.42 Å². The van der Waals surface area contributed by atoms with Crippen molar-refractivity contribution in [2.75, 3.05) is 6.54 Å². The Hall–Kier alpha value is -1.59. The first-order valence-corrected chi connectivity index (χ1v) is 8.26. The van der Waals surface area contributed by atoms with Gasteiger partial charge in [0.1, 0.15) is 6.04 Å². The zero-order valence-corrected chi connectivity index (χ0v) is 13.8. The van der Waals surface area contributed by atoms with E-state index in [1.165, 1.54) is 25.7 Å². The Balaban J connectivity index is 3.64. The van der Waals surface area contributed by atoms with Crippen molar-refractivity contribution in [3.63, 3.8) is 0 Å². The number of rotatable bonds is 13. The van der Waals surface area contributed by atoms with Gasteiger partial charge in [0.25, 0.3) is 0 Å². The fraction of sp³-hybridized carbons (Fsp3) is 0.812. The van der Waals surface area contributed by atoms with Crippen LogP contribution < -0.4 is 10.6 Å². The number of hydrogen-bond acceptors (Lipinski definition) is 3. The summed E-state index contributed by atoms with van der Waals surface area (Å²) in [6.45, 7) is 3.86. The minimum absolute atomic E-state index is 0.0755. The molecule has 1 atom stereocenters. The van der Waals surface area contributed by atoms with Gasteiger partial charge in [-0.25, -0.2) is 0 Å². The summed E-state index contributed by atoms with van der Waals surface area (Å²) in [4.78, 5) is 33.6. The number of carbonyl (C=O) groups excluding carboxylic acids is 2. The summed E-state index contributed by atoms with van der Waals surface area (Å²) >= 11 is 0. The van der Waals surface area contributed by atoms with E-state index < -0.39 is 12.0 Å². The summed E-state index contributed by atoms with van der Waals surface area (Å²) in [6.07, 6.45) is 8.32. The van der Waals surface area contributed by atoms with Gasteiger partial charge in [-0.1, -0.05) is 45.4 Å². The Morgan fingerprint density at radius 1 is 0.955 bits per heavy atom. The Morgan fingerprint density at radius 2 is 1.55 bits per heavy atom. The van der Waals surface area contributed by atoms with Crippen LogP contribution in [0.4, 0.5) is 0 Å². The van der Waals surface area contributed by atoms with Gasteiger partial charge in [-0.15, -0.1) is 0 Å². The molecule has 0 aromatic rings. The van der Waals surface area contributed by atoms with E-state index in [2.05, 4.69) is 17.6 Å². The van der Waals surface area contributed by atoms with Crippen LogP contribution in [0.25, 0.3) is 0 Å². The maximum atomic E-state index is 11.7. The molecule has 2 amide bonds. The number of carboxylic acid groups (broad SMARTS) is 1. The first-order chi connectivity index (χ1) is 10.5. The van der Waals surface area contributed by atoms with Crippen LogP contribution in [-0.4, -0.2) is 35.5 Å². The Kier molecular flexibility index (Phi) is 12.2. The molecule has 6 heteroatoms. The molecule has 0 saturated carbocycles. The van der Waals surface area contributed by atoms with Crippen LogP contribution in [0.5, 0.6) is 0 Å². The summed E-state index contributed by atoms with van der Waals surface area (Å²) in [6, 6.07) is -0.633. The Labute approximate surface area is 133 Å². The molecule has 0 aromatic heterocycles. The van der Waals surface area contributed by atoms with Crippen molar-refractivity contribution in [2.45, 2.75) is 77.7 Å². The minimum Gasteiger partial charge on any atom is -0.481 e. The summed E-state index contributed by atoms with van der Waals surface area (Å²) in [5.74, 6) is -1.44. The molecule has 0 rings (SSSR count). The summed E-state index contributed by atoms with van der Waals surface area (Å²) in [5.41, 5.74) is 0. The molecule has 0 radical (unpaired) electrons. The van der Waals surface area contributed by atoms with Crippen LogP contribution >= 0.6 is 0 Å². The first-order valence-electron chi connectivity index (χ1n) is 8.26. The van der Waals surface area contributed by atoms with E-state index in [4.69, 9.17) is 5.11 Å². The van der Waals surface area contributed by atoms with Crippen molar-refractivity contribution in [3.05, 3.63) is 0 Å². The second-order valence-corrected chi connectivity index (χ2v) is 5.60. The van der Waals surface area contributed by atoms with Crippen LogP contribution in [0.15, 0.2) is 0 Å². The Morgan fingerprint density at radius 3 is 2.14 bits per heavy atom. The summed E-state index contributed by atoms with van der Waals surface area (Å²) in [5, 5.41) is 13.6. The molecule has 22 heavy (non-hydrogen) atoms. The average molecular weight is 314 g/mol. The number of unbranched alkanes of at least 4 members (excludes halogenated alkanes) is 6. The zero-order chi connectivity index (χ0) is 16.8. The highest BCUT2D eigenvalue weighted by atomic mass is 16.4. The molecule has 0 aliphatic heterocycles. The van der Waals surface area contributed by atoms with Gasteiger partial charge in [0.15, 0.2) is 0 Å². The summed E-state index contributed by atoms with van der Waals surface area (Å²) in [7, 11) is 0. The molecule has 3 N–H and O–H groups in total. The van der Waals surface area contributed by atoms with Crippen LogP contribution in [0.2, 0.25) is 0 Å². The third-order valence-electron chi connectivity index (χ3n) is 3.42. The minimum atomic E-state index is -0.962. The SMILES string of the molecule is CCCCCCCCCC(=O)NC(C)C(=O)NCCC(=O)O. The number of carboxylic acids is 1. The molecular weight excluding hydrogens is 284 g/mol. The third-order valence-corrected chi connectivity index (χ3v) is 3.42. The van der Waals surface area contributed by atoms with E-state index in [9.17, 15) is 14.4 Å². The van der Waals surface area contributed by atoms with Gasteiger partial charge in [-0.2, -0.15) is 0 Å². The molecule has 0 spiro atoms. The molecule has 0 heterocycles. The van der Waals surface area contributed by atoms with Gasteiger partial charge in [0.2, 0.25) is 11.8 Å². The van der Waals surface area contributed by atoms with E-state index >= 15 is 0 Å². The predicted octanol–water partition coefficient (Wildman–Crippen LogP) is 2.22. The fourth-order valence-corrected chi connectivity index (χ4v) is 2.07. The lowest BCUT2D eigenvalue weighted by Crippen LogP contribution is -2.45. The molecule has 0 fully saturated rings. The third kappa shape index (κ3) is 12.2. The molecule has 128 valence electrons. The number of amides is 2. The maximum absolute atomic E-state index is 11.7. The van der Waals surface area contributed by atoms with E-state index in [-0.39, 0.29) is 24.8 Å². The largest absolute Gasteiger partial charge is 0.481 e. The lowest BCUT2D eigenvalue weighted by molar-refractivity contribution is -0.137. The normalized spacial score (nSPS) is 11.7. The highest BCUT2D eigenvalue weighted by molar-refractivity contribution is 5.87. The highest BCUT2D eigenvalue weighted by Crippen LogP contribution is 2.08. The van der Waals surface area contributed by atoms with Crippen LogP contribution in [0.1, 0.15) is 71.6 Å². The smallest absolute Gasteiger partial charge is 0.305 e. The molecule has 0 saturated heterocycles. The van der Waals surface area contributed by atoms with Gasteiger partial charge in [0.05, 0.1) is 6.42 Å². The number of hydrogen-bond donors (Lipinski definition) is 3. The van der Waals surface area contributed by atoms with Gasteiger partial charge in [0, 0.05) is 13.0 Å². The molecule has 1 unspecified atom stereocenters. The van der Waals surface area contributed by atoms with Gasteiger partial charge >= 0.3 is 5.97 Å². The molecule has 0 aromatic carbocycles. The Bertz CT molecular complexity index is 345. The van der Waals surface area contributed by atoms with E-state index in [1.54, 1.807) is 6.92 Å². The van der Waals surface area contributed by atoms with Crippen LogP contribution in [0.3, 0.4) is 0 Å². The molecule has 0 aliphatic carbocycles. The first kappa shape index (κ1) is 20.4. The van der Waals surface area contributed by atoms with Gasteiger partial charge in [-0.3, -0.25) is 14.4 Å². The lowest BCUT2D eigenvalue weighted by Gasteiger charge is -2.13. The van der Waals surface area contributed by atoms with E-state index in [0.717, 1.165) is 19.3 Å². The monoisotopic (exact) mass is 314 g/mol. The second kappa shape index (κ2) is 13.1. The van der Waals surface area contributed by atoms with Crippen molar-refractivity contribution in [2.24, 2.45) is 0 Å². The molecule has 6 nitrogen and oxygen atoms in total. The standard InChI is InChI=1S/C16H30N2O4/c1-3-4-5-6-7-8-9-10-14(19)18-13(2)16(22)17-12-11-15(20)21/h13H,3-12H2,1-2H3,(H,17,22)(H,18,19)(H,20,21). The van der Waals surface area contributed by atoms with Crippen molar-refractivity contribution in [1.82, 2.24) is 10.6 Å². The van der Waals surface area contributed by atoms with Gasteiger partial charge in [-0.05, 0) is 13.3 Å². The number of aliphatic carboxylic acids is 1. The lowest BCUT2D eigenvalue weighted by atomic mass is 10.1. The quantitative estimate of drug-likeness (QED) is 0.454. The van der Waals surface area contributed by atoms with Crippen LogP contribution in [-0.2, 0) is 14.4 Å². The zero-order valence-electron chi connectivity index (χ0n) is 13.8. The van der Waals surface area contributed by atoms with Crippen molar-refractivity contribution in [1.29, 1.82) is 0 Å². The number of nitrogens with one attached hydrogen (secondary N) is 2.